The zero-order chi connectivity index (χ0) is 19.9. The molecule has 0 unspecified atom stereocenters. The third-order valence-electron chi connectivity index (χ3n) is 4.15. The number of nitrogens with one attached hydrogen (secondary N) is 1. The van der Waals surface area contributed by atoms with Crippen molar-refractivity contribution in [2.45, 2.75) is 33.0 Å². The summed E-state index contributed by atoms with van der Waals surface area (Å²) in [5.74, 6) is 0.122. The molecule has 0 bridgehead atoms. The Bertz CT molecular complexity index is 924. The molecule has 0 aliphatic heterocycles. The first-order chi connectivity index (χ1) is 13.6. The molecule has 2 aromatic carbocycles. The van der Waals surface area contributed by atoms with Crippen LogP contribution in [0.25, 0.3) is 10.1 Å². The molecule has 0 aliphatic rings. The van der Waals surface area contributed by atoms with Crippen LogP contribution in [-0.2, 0) is 11.3 Å². The van der Waals surface area contributed by atoms with Gasteiger partial charge in [0.2, 0.25) is 0 Å². The molecule has 0 spiro atoms. The highest BCUT2D eigenvalue weighted by Gasteiger charge is 2.21. The fraction of sp³-hybridized carbons (Fsp3) is 0.318. The first-order valence-corrected chi connectivity index (χ1v) is 10.2. The summed E-state index contributed by atoms with van der Waals surface area (Å²) in [6.07, 6.45) is 0.891. The number of carbonyl (C=O) groups is 1. The van der Waals surface area contributed by atoms with Crippen LogP contribution in [0, 0.1) is 5.82 Å². The molecular formula is C22H24FNO3S. The van der Waals surface area contributed by atoms with E-state index < -0.39 is 0 Å². The van der Waals surface area contributed by atoms with Crippen molar-refractivity contribution in [3.8, 4) is 5.75 Å². The van der Waals surface area contributed by atoms with Crippen LogP contribution in [0.5, 0.6) is 5.75 Å². The summed E-state index contributed by atoms with van der Waals surface area (Å²) >= 11 is 1.29. The van der Waals surface area contributed by atoms with Crippen molar-refractivity contribution >= 4 is 27.3 Å². The molecule has 0 aliphatic carbocycles. The molecule has 3 rings (SSSR count). The van der Waals surface area contributed by atoms with Gasteiger partial charge in [0.25, 0.3) is 5.91 Å². The van der Waals surface area contributed by atoms with Gasteiger partial charge in [0.15, 0.2) is 0 Å². The normalized spacial score (nSPS) is 11.1. The van der Waals surface area contributed by atoms with E-state index in [0.717, 1.165) is 11.1 Å². The maximum absolute atomic E-state index is 14.5. The Morgan fingerprint density at radius 1 is 1.14 bits per heavy atom. The summed E-state index contributed by atoms with van der Waals surface area (Å²) in [5.41, 5.74) is 0.581. The molecular weight excluding hydrogens is 377 g/mol. The molecule has 0 saturated heterocycles. The molecule has 4 nitrogen and oxygen atoms in total. The van der Waals surface area contributed by atoms with Crippen molar-refractivity contribution in [1.82, 2.24) is 5.32 Å². The first-order valence-electron chi connectivity index (χ1n) is 9.34. The van der Waals surface area contributed by atoms with Crippen molar-refractivity contribution in [3.05, 3.63) is 64.8 Å². The number of ether oxygens (including phenoxy) is 2. The van der Waals surface area contributed by atoms with Crippen molar-refractivity contribution < 1.29 is 18.7 Å². The van der Waals surface area contributed by atoms with Crippen molar-refractivity contribution in [1.29, 1.82) is 0 Å². The SMILES string of the molecule is CC(C)OCCCNC(=O)c1sc2cccc(F)c2c1COc1ccccc1. The van der Waals surface area contributed by atoms with Crippen molar-refractivity contribution in [2.24, 2.45) is 0 Å². The van der Waals surface area contributed by atoms with Gasteiger partial charge in [-0.2, -0.15) is 0 Å². The number of carbonyl (C=O) groups excluding carboxylic acids is 1. The van der Waals surface area contributed by atoms with Crippen LogP contribution in [0.1, 0.15) is 35.5 Å². The number of benzene rings is 2. The minimum atomic E-state index is -0.343. The Labute approximate surface area is 168 Å². The van der Waals surface area contributed by atoms with E-state index in [1.165, 1.54) is 17.4 Å². The van der Waals surface area contributed by atoms with E-state index in [1.54, 1.807) is 6.07 Å². The number of rotatable bonds is 9. The van der Waals surface area contributed by atoms with E-state index in [2.05, 4.69) is 5.32 Å². The molecule has 0 radical (unpaired) electrons. The minimum Gasteiger partial charge on any atom is -0.489 e. The van der Waals surface area contributed by atoms with E-state index in [1.807, 2.05) is 50.2 Å². The van der Waals surface area contributed by atoms with Gasteiger partial charge < -0.3 is 14.8 Å². The highest BCUT2D eigenvalue weighted by molar-refractivity contribution is 7.21. The van der Waals surface area contributed by atoms with Gasteiger partial charge in [0, 0.05) is 28.8 Å². The zero-order valence-electron chi connectivity index (χ0n) is 16.0. The molecule has 1 heterocycles. The predicted molar refractivity (Wildman–Crippen MR) is 111 cm³/mol. The Morgan fingerprint density at radius 3 is 2.68 bits per heavy atom. The lowest BCUT2D eigenvalue weighted by Crippen LogP contribution is -2.25. The van der Waals surface area contributed by atoms with Crippen LogP contribution in [-0.4, -0.2) is 25.2 Å². The lowest BCUT2D eigenvalue weighted by Gasteiger charge is -2.10. The highest BCUT2D eigenvalue weighted by Crippen LogP contribution is 2.34. The number of para-hydroxylation sites is 1. The summed E-state index contributed by atoms with van der Waals surface area (Å²) < 4.78 is 26.5. The summed E-state index contributed by atoms with van der Waals surface area (Å²) in [7, 11) is 0. The van der Waals surface area contributed by atoms with E-state index in [0.29, 0.717) is 34.7 Å². The third kappa shape index (κ3) is 5.09. The largest absolute Gasteiger partial charge is 0.489 e. The second-order valence-electron chi connectivity index (χ2n) is 6.65. The molecule has 3 aromatic rings. The van der Waals surface area contributed by atoms with Crippen LogP contribution in [0.2, 0.25) is 0 Å². The van der Waals surface area contributed by atoms with Crippen molar-refractivity contribution in [3.63, 3.8) is 0 Å². The standard InChI is InChI=1S/C22H24FNO3S/c1-15(2)26-13-7-12-24-22(25)21-17(14-27-16-8-4-3-5-9-16)20-18(23)10-6-11-19(20)28-21/h3-6,8-11,15H,7,12-14H2,1-2H3,(H,24,25). The van der Waals surface area contributed by atoms with Gasteiger partial charge in [-0.3, -0.25) is 4.79 Å². The van der Waals surface area contributed by atoms with Crippen molar-refractivity contribution in [2.75, 3.05) is 13.2 Å². The first kappa shape index (κ1) is 20.3. The summed E-state index contributed by atoms with van der Waals surface area (Å²) in [4.78, 5) is 13.2. The Morgan fingerprint density at radius 2 is 1.93 bits per heavy atom. The van der Waals surface area contributed by atoms with E-state index in [9.17, 15) is 9.18 Å². The number of hydrogen-bond acceptors (Lipinski definition) is 4. The van der Waals surface area contributed by atoms with Gasteiger partial charge in [0.1, 0.15) is 18.2 Å². The quantitative estimate of drug-likeness (QED) is 0.504. The molecule has 6 heteroatoms. The van der Waals surface area contributed by atoms with E-state index in [4.69, 9.17) is 9.47 Å². The molecule has 1 N–H and O–H groups in total. The van der Waals surface area contributed by atoms with Crippen LogP contribution in [0.15, 0.2) is 48.5 Å². The highest BCUT2D eigenvalue weighted by atomic mass is 32.1. The molecule has 1 aromatic heterocycles. The Hall–Kier alpha value is -2.44. The maximum Gasteiger partial charge on any atom is 0.261 e. The fourth-order valence-electron chi connectivity index (χ4n) is 2.83. The molecule has 0 atom stereocenters. The van der Waals surface area contributed by atoms with Gasteiger partial charge >= 0.3 is 0 Å². The van der Waals surface area contributed by atoms with Gasteiger partial charge in [0.05, 0.1) is 11.0 Å². The van der Waals surface area contributed by atoms with Crippen LogP contribution >= 0.6 is 11.3 Å². The fourth-order valence-corrected chi connectivity index (χ4v) is 3.97. The third-order valence-corrected chi connectivity index (χ3v) is 5.35. The lowest BCUT2D eigenvalue weighted by atomic mass is 10.1. The number of fused-ring (bicyclic) bond motifs is 1. The molecule has 0 saturated carbocycles. The van der Waals surface area contributed by atoms with Gasteiger partial charge in [-0.1, -0.05) is 24.3 Å². The molecule has 28 heavy (non-hydrogen) atoms. The smallest absolute Gasteiger partial charge is 0.261 e. The van der Waals surface area contributed by atoms with Gasteiger partial charge in [-0.25, -0.2) is 4.39 Å². The monoisotopic (exact) mass is 401 g/mol. The average molecular weight is 402 g/mol. The second kappa shape index (κ2) is 9.66. The van der Waals surface area contributed by atoms with Crippen LogP contribution < -0.4 is 10.1 Å². The molecule has 1 amide bonds. The predicted octanol–water partition coefficient (Wildman–Crippen LogP) is 5.16. The maximum atomic E-state index is 14.5. The Balaban J connectivity index is 1.76. The summed E-state index contributed by atoms with van der Waals surface area (Å²) in [6, 6.07) is 14.2. The molecule has 0 fully saturated rings. The van der Waals surface area contributed by atoms with Crippen LogP contribution in [0.3, 0.4) is 0 Å². The summed E-state index contributed by atoms with van der Waals surface area (Å²) in [5, 5.41) is 3.36. The van der Waals surface area contributed by atoms with E-state index in [-0.39, 0.29) is 24.4 Å². The number of amides is 1. The number of thiophene rings is 1. The van der Waals surface area contributed by atoms with Gasteiger partial charge in [-0.05, 0) is 44.5 Å². The molecule has 148 valence electrons. The van der Waals surface area contributed by atoms with Crippen LogP contribution in [0.4, 0.5) is 4.39 Å². The average Bonchev–Trinajstić information content (AvgIpc) is 3.06. The second-order valence-corrected chi connectivity index (χ2v) is 7.71. The minimum absolute atomic E-state index is 0.129. The number of hydrogen-bond donors (Lipinski definition) is 1. The number of halogens is 1. The summed E-state index contributed by atoms with van der Waals surface area (Å²) in [6.45, 7) is 5.17. The topological polar surface area (TPSA) is 47.6 Å². The lowest BCUT2D eigenvalue weighted by molar-refractivity contribution is 0.0757. The zero-order valence-corrected chi connectivity index (χ0v) is 16.9. The Kier molecular flexibility index (Phi) is 7.01. The van der Waals surface area contributed by atoms with Gasteiger partial charge in [-0.15, -0.1) is 11.3 Å². The van der Waals surface area contributed by atoms with E-state index >= 15 is 0 Å².